The molecular formula is C20H30N4O4. The lowest BCUT2D eigenvalue weighted by Gasteiger charge is -2.35. The van der Waals surface area contributed by atoms with Gasteiger partial charge >= 0.3 is 6.09 Å². The van der Waals surface area contributed by atoms with Gasteiger partial charge in [-0.25, -0.2) is 9.78 Å². The summed E-state index contributed by atoms with van der Waals surface area (Å²) < 4.78 is 10.5. The van der Waals surface area contributed by atoms with Crippen LogP contribution in [0.5, 0.6) is 0 Å². The number of amides is 2. The summed E-state index contributed by atoms with van der Waals surface area (Å²) in [6.07, 6.45) is 3.33. The summed E-state index contributed by atoms with van der Waals surface area (Å²) in [5.74, 6) is 0.772. The molecule has 8 nitrogen and oxygen atoms in total. The smallest absolute Gasteiger partial charge is 0.409 e. The number of carbonyl (C=O) groups is 2. The molecule has 0 bridgehead atoms. The molecule has 0 unspecified atom stereocenters. The third kappa shape index (κ3) is 4.92. The van der Waals surface area contributed by atoms with E-state index < -0.39 is 0 Å². The Balaban J connectivity index is 1.63. The Bertz CT molecular complexity index is 678. The third-order valence-electron chi connectivity index (χ3n) is 5.39. The second-order valence-corrected chi connectivity index (χ2v) is 7.28. The monoisotopic (exact) mass is 390 g/mol. The number of likely N-dealkylation sites (tertiary alicyclic amines) is 1. The Morgan fingerprint density at radius 2 is 2.14 bits per heavy atom. The fourth-order valence-corrected chi connectivity index (χ4v) is 3.80. The van der Waals surface area contributed by atoms with E-state index in [1.54, 1.807) is 17.2 Å². The number of rotatable bonds is 5. The Hall–Kier alpha value is -2.35. The van der Waals surface area contributed by atoms with E-state index in [9.17, 15) is 9.59 Å². The molecule has 0 aliphatic carbocycles. The van der Waals surface area contributed by atoms with Crippen molar-refractivity contribution < 1.29 is 19.1 Å². The predicted molar refractivity (Wildman–Crippen MR) is 106 cm³/mol. The number of carbonyl (C=O) groups excluding carboxylic acids is 2. The van der Waals surface area contributed by atoms with E-state index in [2.05, 4.69) is 15.2 Å². The molecule has 0 radical (unpaired) electrons. The molecule has 154 valence electrons. The highest BCUT2D eigenvalue weighted by molar-refractivity contribution is 5.99. The van der Waals surface area contributed by atoms with Crippen LogP contribution in [0.1, 0.15) is 37.0 Å². The van der Waals surface area contributed by atoms with E-state index in [0.717, 1.165) is 25.9 Å². The van der Waals surface area contributed by atoms with Gasteiger partial charge in [0.15, 0.2) is 0 Å². The number of morpholine rings is 1. The van der Waals surface area contributed by atoms with Gasteiger partial charge in [0.1, 0.15) is 5.82 Å². The van der Waals surface area contributed by atoms with E-state index in [0.29, 0.717) is 44.3 Å². The van der Waals surface area contributed by atoms with Crippen LogP contribution in [0.2, 0.25) is 0 Å². The van der Waals surface area contributed by atoms with Crippen molar-refractivity contribution in [2.75, 3.05) is 50.9 Å². The molecule has 2 aliphatic heterocycles. The van der Waals surface area contributed by atoms with E-state index in [-0.39, 0.29) is 24.0 Å². The molecule has 0 spiro atoms. The number of aromatic nitrogens is 1. The van der Waals surface area contributed by atoms with E-state index in [1.807, 2.05) is 19.9 Å². The first-order valence-electron chi connectivity index (χ1n) is 10.1. The minimum Gasteiger partial charge on any atom is -0.450 e. The van der Waals surface area contributed by atoms with Gasteiger partial charge in [-0.05, 0) is 44.7 Å². The van der Waals surface area contributed by atoms with Gasteiger partial charge in [-0.1, -0.05) is 0 Å². The molecule has 0 aromatic carbocycles. The maximum Gasteiger partial charge on any atom is 0.409 e. The zero-order chi connectivity index (χ0) is 19.9. The molecule has 3 heterocycles. The van der Waals surface area contributed by atoms with E-state index >= 15 is 0 Å². The van der Waals surface area contributed by atoms with Crippen molar-refractivity contribution in [3.63, 3.8) is 0 Å². The molecule has 1 aromatic heterocycles. The predicted octanol–water partition coefficient (Wildman–Crippen LogP) is 1.90. The highest BCUT2D eigenvalue weighted by atomic mass is 16.6. The van der Waals surface area contributed by atoms with Crippen molar-refractivity contribution in [2.24, 2.45) is 5.92 Å². The van der Waals surface area contributed by atoms with Crippen molar-refractivity contribution in [3.8, 4) is 0 Å². The van der Waals surface area contributed by atoms with Crippen LogP contribution < -0.4 is 10.2 Å². The summed E-state index contributed by atoms with van der Waals surface area (Å²) >= 11 is 0. The van der Waals surface area contributed by atoms with E-state index in [4.69, 9.17) is 9.47 Å². The molecule has 2 saturated heterocycles. The molecule has 2 aliphatic rings. The summed E-state index contributed by atoms with van der Waals surface area (Å²) in [6.45, 7) is 8.22. The van der Waals surface area contributed by atoms with Crippen LogP contribution in [0.15, 0.2) is 18.3 Å². The molecular weight excluding hydrogens is 360 g/mol. The largest absolute Gasteiger partial charge is 0.450 e. The lowest BCUT2D eigenvalue weighted by Crippen LogP contribution is -2.48. The SMILES string of the molecule is CCOC(=O)N1CCC[C@@H]([C@H](C)NC(=O)c2cccnc2N2CCOCC2)C1. The number of hydrogen-bond acceptors (Lipinski definition) is 6. The molecule has 8 heteroatoms. The summed E-state index contributed by atoms with van der Waals surface area (Å²) in [4.78, 5) is 33.3. The zero-order valence-corrected chi connectivity index (χ0v) is 16.7. The number of nitrogens with zero attached hydrogens (tertiary/aromatic N) is 3. The van der Waals surface area contributed by atoms with Crippen molar-refractivity contribution >= 4 is 17.8 Å². The lowest BCUT2D eigenvalue weighted by molar-refractivity contribution is 0.0788. The Labute approximate surface area is 166 Å². The van der Waals surface area contributed by atoms with Gasteiger partial charge in [0.25, 0.3) is 5.91 Å². The van der Waals surface area contributed by atoms with Crippen LogP contribution in [-0.4, -0.2) is 73.9 Å². The summed E-state index contributed by atoms with van der Waals surface area (Å²) in [7, 11) is 0. The average Bonchev–Trinajstić information content (AvgIpc) is 2.74. The molecule has 1 aromatic rings. The minimum atomic E-state index is -0.271. The summed E-state index contributed by atoms with van der Waals surface area (Å²) in [5.41, 5.74) is 0.578. The third-order valence-corrected chi connectivity index (χ3v) is 5.39. The van der Waals surface area contributed by atoms with Gasteiger partial charge in [-0.15, -0.1) is 0 Å². The van der Waals surface area contributed by atoms with Gasteiger partial charge in [-0.2, -0.15) is 0 Å². The second-order valence-electron chi connectivity index (χ2n) is 7.28. The van der Waals surface area contributed by atoms with Crippen LogP contribution in [0.25, 0.3) is 0 Å². The average molecular weight is 390 g/mol. The number of hydrogen-bond donors (Lipinski definition) is 1. The number of anilines is 1. The molecule has 3 rings (SSSR count). The zero-order valence-electron chi connectivity index (χ0n) is 16.7. The minimum absolute atomic E-state index is 0.0533. The number of nitrogens with one attached hydrogen (secondary N) is 1. The number of ether oxygens (including phenoxy) is 2. The normalized spacial score (nSPS) is 21.1. The van der Waals surface area contributed by atoms with Crippen molar-refractivity contribution in [3.05, 3.63) is 23.9 Å². The van der Waals surface area contributed by atoms with Gasteiger partial charge in [-0.3, -0.25) is 4.79 Å². The van der Waals surface area contributed by atoms with Gasteiger partial charge < -0.3 is 24.6 Å². The molecule has 2 amide bonds. The quantitative estimate of drug-likeness (QED) is 0.827. The highest BCUT2D eigenvalue weighted by Crippen LogP contribution is 2.22. The first-order valence-corrected chi connectivity index (χ1v) is 10.1. The molecule has 28 heavy (non-hydrogen) atoms. The summed E-state index contributed by atoms with van der Waals surface area (Å²) in [5, 5.41) is 3.12. The van der Waals surface area contributed by atoms with Gasteiger partial charge in [0.2, 0.25) is 0 Å². The van der Waals surface area contributed by atoms with Crippen LogP contribution in [0.4, 0.5) is 10.6 Å². The van der Waals surface area contributed by atoms with Gasteiger partial charge in [0, 0.05) is 38.4 Å². The first-order chi connectivity index (χ1) is 13.6. The van der Waals surface area contributed by atoms with Crippen molar-refractivity contribution in [2.45, 2.75) is 32.7 Å². The fraction of sp³-hybridized carbons (Fsp3) is 0.650. The van der Waals surface area contributed by atoms with Crippen LogP contribution in [0.3, 0.4) is 0 Å². The van der Waals surface area contributed by atoms with Crippen molar-refractivity contribution in [1.82, 2.24) is 15.2 Å². The second kappa shape index (κ2) is 9.73. The molecule has 1 N–H and O–H groups in total. The number of piperidine rings is 1. The molecule has 0 saturated carbocycles. The topological polar surface area (TPSA) is 84.0 Å². The van der Waals surface area contributed by atoms with Crippen LogP contribution >= 0.6 is 0 Å². The molecule has 2 atom stereocenters. The maximum atomic E-state index is 13.0. The summed E-state index contributed by atoms with van der Waals surface area (Å²) in [6, 6.07) is 3.54. The Morgan fingerprint density at radius 1 is 1.36 bits per heavy atom. The van der Waals surface area contributed by atoms with Crippen LogP contribution in [0, 0.1) is 5.92 Å². The Morgan fingerprint density at radius 3 is 2.89 bits per heavy atom. The Kier molecular flexibility index (Phi) is 7.08. The highest BCUT2D eigenvalue weighted by Gasteiger charge is 2.29. The first kappa shape index (κ1) is 20.4. The molecule has 2 fully saturated rings. The lowest BCUT2D eigenvalue weighted by atomic mass is 9.91. The fourth-order valence-electron chi connectivity index (χ4n) is 3.80. The number of pyridine rings is 1. The van der Waals surface area contributed by atoms with Crippen LogP contribution in [-0.2, 0) is 9.47 Å². The van der Waals surface area contributed by atoms with Gasteiger partial charge in [0.05, 0.1) is 25.4 Å². The van der Waals surface area contributed by atoms with Crippen molar-refractivity contribution in [1.29, 1.82) is 0 Å². The van der Waals surface area contributed by atoms with E-state index in [1.165, 1.54) is 0 Å². The standard InChI is InChI=1S/C20H30N4O4/c1-3-28-20(26)24-9-5-6-16(14-24)15(2)22-19(25)17-7-4-8-21-18(17)23-10-12-27-13-11-23/h4,7-8,15-16H,3,5-6,9-14H2,1-2H3,(H,22,25)/t15-,16+/m0/s1. The maximum absolute atomic E-state index is 13.0.